The molecule has 2 heterocycles. The predicted molar refractivity (Wildman–Crippen MR) is 68.4 cm³/mol. The minimum Gasteiger partial charge on any atom is -0.339 e. The highest BCUT2D eigenvalue weighted by Gasteiger charge is 2.20. The third-order valence-electron chi connectivity index (χ3n) is 3.39. The van der Waals surface area contributed by atoms with Crippen molar-refractivity contribution in [3.8, 4) is 0 Å². The van der Waals surface area contributed by atoms with Gasteiger partial charge in [-0.05, 0) is 31.5 Å². The number of piperidine rings is 1. The molecule has 0 aliphatic carbocycles. The molecule has 0 radical (unpaired) electrons. The molecule has 4 heteroatoms. The van der Waals surface area contributed by atoms with E-state index in [0.29, 0.717) is 5.92 Å². The van der Waals surface area contributed by atoms with E-state index in [2.05, 4.69) is 27.6 Å². The Kier molecular flexibility index (Phi) is 3.37. The number of hydrogen-bond acceptors (Lipinski definition) is 4. The highest BCUT2D eigenvalue weighted by Crippen LogP contribution is 2.22. The molecular formula is C14H17N3O. The minimum absolute atomic E-state index is 0.458. The SMILES string of the molecule is c1ccc(Cc2nc(C3CCNCC3)no2)cc1. The van der Waals surface area contributed by atoms with Crippen LogP contribution in [0.1, 0.15) is 36.0 Å². The van der Waals surface area contributed by atoms with Crippen molar-refractivity contribution in [1.82, 2.24) is 15.5 Å². The van der Waals surface area contributed by atoms with E-state index in [4.69, 9.17) is 4.52 Å². The molecule has 0 saturated carbocycles. The Morgan fingerprint density at radius 1 is 1.17 bits per heavy atom. The summed E-state index contributed by atoms with van der Waals surface area (Å²) in [5.74, 6) is 2.05. The number of benzene rings is 1. The zero-order valence-electron chi connectivity index (χ0n) is 10.3. The first-order chi connectivity index (χ1) is 8.92. The van der Waals surface area contributed by atoms with E-state index in [-0.39, 0.29) is 0 Å². The van der Waals surface area contributed by atoms with Crippen LogP contribution < -0.4 is 5.32 Å². The lowest BCUT2D eigenvalue weighted by atomic mass is 9.98. The van der Waals surface area contributed by atoms with Crippen LogP contribution in [0.15, 0.2) is 34.9 Å². The van der Waals surface area contributed by atoms with Crippen molar-refractivity contribution < 1.29 is 4.52 Å². The van der Waals surface area contributed by atoms with Gasteiger partial charge in [0.25, 0.3) is 0 Å². The lowest BCUT2D eigenvalue weighted by Gasteiger charge is -2.18. The summed E-state index contributed by atoms with van der Waals surface area (Å²) in [4.78, 5) is 4.52. The van der Waals surface area contributed by atoms with Gasteiger partial charge in [0, 0.05) is 5.92 Å². The summed E-state index contributed by atoms with van der Waals surface area (Å²) < 4.78 is 5.34. The molecule has 0 spiro atoms. The molecule has 0 bridgehead atoms. The van der Waals surface area contributed by atoms with Crippen LogP contribution >= 0.6 is 0 Å². The molecule has 4 nitrogen and oxygen atoms in total. The molecule has 1 N–H and O–H groups in total. The van der Waals surface area contributed by atoms with Gasteiger partial charge in [0.1, 0.15) is 0 Å². The zero-order valence-corrected chi connectivity index (χ0v) is 10.3. The van der Waals surface area contributed by atoms with Gasteiger partial charge in [0.2, 0.25) is 5.89 Å². The molecular weight excluding hydrogens is 226 g/mol. The summed E-state index contributed by atoms with van der Waals surface area (Å²) >= 11 is 0. The van der Waals surface area contributed by atoms with Crippen molar-refractivity contribution in [2.45, 2.75) is 25.2 Å². The van der Waals surface area contributed by atoms with E-state index < -0.39 is 0 Å². The monoisotopic (exact) mass is 243 g/mol. The third-order valence-corrected chi connectivity index (χ3v) is 3.39. The molecule has 1 saturated heterocycles. The quantitative estimate of drug-likeness (QED) is 0.897. The van der Waals surface area contributed by atoms with Crippen molar-refractivity contribution in [1.29, 1.82) is 0 Å². The molecule has 1 aliphatic heterocycles. The van der Waals surface area contributed by atoms with Crippen LogP contribution in [-0.4, -0.2) is 23.2 Å². The molecule has 0 unspecified atom stereocenters. The summed E-state index contributed by atoms with van der Waals surface area (Å²) in [6, 6.07) is 10.2. The highest BCUT2D eigenvalue weighted by atomic mass is 16.5. The smallest absolute Gasteiger partial charge is 0.231 e. The third kappa shape index (κ3) is 2.59. The van der Waals surface area contributed by atoms with Gasteiger partial charge in [0.15, 0.2) is 5.82 Å². The molecule has 1 aromatic heterocycles. The van der Waals surface area contributed by atoms with Gasteiger partial charge >= 0.3 is 0 Å². The van der Waals surface area contributed by atoms with Gasteiger partial charge in [0.05, 0.1) is 6.42 Å². The fraction of sp³-hybridized carbons (Fsp3) is 0.429. The second kappa shape index (κ2) is 5.31. The molecule has 1 aromatic carbocycles. The molecule has 0 amide bonds. The lowest BCUT2D eigenvalue weighted by molar-refractivity contribution is 0.365. The maximum atomic E-state index is 5.34. The van der Waals surface area contributed by atoms with Crippen molar-refractivity contribution in [3.63, 3.8) is 0 Å². The van der Waals surface area contributed by atoms with Crippen LogP contribution in [0.3, 0.4) is 0 Å². The van der Waals surface area contributed by atoms with Crippen LogP contribution in [0, 0.1) is 0 Å². The van der Waals surface area contributed by atoms with Crippen LogP contribution in [-0.2, 0) is 6.42 Å². The standard InChI is InChI=1S/C14H17N3O/c1-2-4-11(5-3-1)10-13-16-14(17-18-13)12-6-8-15-9-7-12/h1-5,12,15H,6-10H2. The maximum Gasteiger partial charge on any atom is 0.231 e. The average molecular weight is 243 g/mol. The summed E-state index contributed by atoms with van der Waals surface area (Å²) in [7, 11) is 0. The van der Waals surface area contributed by atoms with Crippen molar-refractivity contribution in [2.24, 2.45) is 0 Å². The lowest BCUT2D eigenvalue weighted by Crippen LogP contribution is -2.27. The topological polar surface area (TPSA) is 51.0 Å². The number of nitrogens with zero attached hydrogens (tertiary/aromatic N) is 2. The van der Waals surface area contributed by atoms with E-state index in [1.165, 1.54) is 5.56 Å². The van der Waals surface area contributed by atoms with Crippen LogP contribution in [0.2, 0.25) is 0 Å². The highest BCUT2D eigenvalue weighted by molar-refractivity contribution is 5.18. The van der Waals surface area contributed by atoms with Crippen LogP contribution in [0.25, 0.3) is 0 Å². The van der Waals surface area contributed by atoms with E-state index >= 15 is 0 Å². The molecule has 1 aliphatic rings. The molecule has 0 atom stereocenters. The fourth-order valence-corrected chi connectivity index (χ4v) is 2.36. The number of hydrogen-bond donors (Lipinski definition) is 1. The van der Waals surface area contributed by atoms with Gasteiger partial charge < -0.3 is 9.84 Å². The van der Waals surface area contributed by atoms with Crippen LogP contribution in [0.4, 0.5) is 0 Å². The van der Waals surface area contributed by atoms with E-state index in [1.54, 1.807) is 0 Å². The Bertz CT molecular complexity index is 489. The first kappa shape index (κ1) is 11.4. The van der Waals surface area contributed by atoms with Crippen molar-refractivity contribution in [3.05, 3.63) is 47.6 Å². The summed E-state index contributed by atoms with van der Waals surface area (Å²) in [6.07, 6.45) is 2.92. The van der Waals surface area contributed by atoms with Gasteiger partial charge in [-0.1, -0.05) is 35.5 Å². The molecule has 1 fully saturated rings. The zero-order chi connectivity index (χ0) is 12.2. The van der Waals surface area contributed by atoms with Crippen LogP contribution in [0.5, 0.6) is 0 Å². The average Bonchev–Trinajstić information content (AvgIpc) is 2.89. The van der Waals surface area contributed by atoms with Gasteiger partial charge in [-0.15, -0.1) is 0 Å². The number of aromatic nitrogens is 2. The Balaban J connectivity index is 1.69. The molecule has 94 valence electrons. The maximum absolute atomic E-state index is 5.34. The second-order valence-corrected chi connectivity index (χ2v) is 4.73. The molecule has 2 aromatic rings. The van der Waals surface area contributed by atoms with Crippen molar-refractivity contribution >= 4 is 0 Å². The Hall–Kier alpha value is -1.68. The predicted octanol–water partition coefficient (Wildman–Crippen LogP) is 2.13. The summed E-state index contributed by atoms with van der Waals surface area (Å²) in [5, 5.41) is 7.47. The molecule has 18 heavy (non-hydrogen) atoms. The Morgan fingerprint density at radius 3 is 2.72 bits per heavy atom. The second-order valence-electron chi connectivity index (χ2n) is 4.73. The summed E-state index contributed by atoms with van der Waals surface area (Å²) in [5.41, 5.74) is 1.21. The number of nitrogens with one attached hydrogen (secondary N) is 1. The first-order valence-electron chi connectivity index (χ1n) is 6.49. The Labute approximate surface area is 106 Å². The van der Waals surface area contributed by atoms with Crippen molar-refractivity contribution in [2.75, 3.05) is 13.1 Å². The van der Waals surface area contributed by atoms with Gasteiger partial charge in [-0.2, -0.15) is 4.98 Å². The Morgan fingerprint density at radius 2 is 1.94 bits per heavy atom. The first-order valence-corrected chi connectivity index (χ1v) is 6.49. The summed E-state index contributed by atoms with van der Waals surface area (Å²) in [6.45, 7) is 2.10. The van der Waals surface area contributed by atoms with E-state index in [0.717, 1.165) is 44.1 Å². The largest absolute Gasteiger partial charge is 0.339 e. The molecule has 3 rings (SSSR count). The van der Waals surface area contributed by atoms with Gasteiger partial charge in [-0.3, -0.25) is 0 Å². The normalized spacial score (nSPS) is 16.9. The van der Waals surface area contributed by atoms with E-state index in [9.17, 15) is 0 Å². The number of rotatable bonds is 3. The fourth-order valence-electron chi connectivity index (χ4n) is 2.36. The minimum atomic E-state index is 0.458. The van der Waals surface area contributed by atoms with E-state index in [1.807, 2.05) is 18.2 Å². The van der Waals surface area contributed by atoms with Gasteiger partial charge in [-0.25, -0.2) is 0 Å².